The van der Waals surface area contributed by atoms with Crippen LogP contribution in [-0.4, -0.2) is 22.0 Å². The van der Waals surface area contributed by atoms with Gasteiger partial charge in [-0.25, -0.2) is 9.78 Å². The van der Waals surface area contributed by atoms with Gasteiger partial charge >= 0.3 is 5.97 Å². The van der Waals surface area contributed by atoms with Crippen LogP contribution in [0.5, 0.6) is 0 Å². The number of carbonyl (C=O) groups is 2. The molecule has 1 amide bonds. The number of hydrogen-bond acceptors (Lipinski definition) is 4. The summed E-state index contributed by atoms with van der Waals surface area (Å²) in [4.78, 5) is 27.7. The molecule has 0 aliphatic heterocycles. The summed E-state index contributed by atoms with van der Waals surface area (Å²) in [5, 5.41) is 12.6. The maximum Gasteiger partial charge on any atom is 0.337 e. The highest BCUT2D eigenvalue weighted by atomic mass is 79.9. The van der Waals surface area contributed by atoms with Crippen molar-refractivity contribution in [1.29, 1.82) is 0 Å². The Morgan fingerprint density at radius 3 is 2.60 bits per heavy atom. The molecule has 0 bridgehead atoms. The fourth-order valence-electron chi connectivity index (χ4n) is 1.51. The molecular weight excluding hydrogens is 412 g/mol. The lowest BCUT2D eigenvalue weighted by Crippen LogP contribution is -2.14. The van der Waals surface area contributed by atoms with E-state index >= 15 is 0 Å². The van der Waals surface area contributed by atoms with Crippen molar-refractivity contribution in [2.24, 2.45) is 0 Å². The third-order valence-corrected chi connectivity index (χ3v) is 4.36. The van der Waals surface area contributed by atoms with Crippen molar-refractivity contribution < 1.29 is 14.7 Å². The second-order valence-corrected chi connectivity index (χ2v) is 6.82. The Morgan fingerprint density at radius 1 is 1.35 bits per heavy atom. The van der Waals surface area contributed by atoms with E-state index in [0.717, 1.165) is 5.01 Å². The summed E-state index contributed by atoms with van der Waals surface area (Å²) in [5.41, 5.74) is 0.220. The fraction of sp³-hybridized carbons (Fsp3) is 0.0833. The van der Waals surface area contributed by atoms with Gasteiger partial charge in [-0.05, 0) is 35.0 Å². The summed E-state index contributed by atoms with van der Waals surface area (Å²) < 4.78 is 1.09. The monoisotopic (exact) mass is 418 g/mol. The first-order valence-corrected chi connectivity index (χ1v) is 7.75. The molecule has 1 aromatic heterocycles. The molecule has 104 valence electrons. The molecule has 0 saturated carbocycles. The Labute approximate surface area is 135 Å². The lowest BCUT2D eigenvalue weighted by Gasteiger charge is -2.10. The van der Waals surface area contributed by atoms with Crippen molar-refractivity contribution in [3.05, 3.63) is 42.7 Å². The summed E-state index contributed by atoms with van der Waals surface area (Å²) in [5.74, 6) is -1.51. The van der Waals surface area contributed by atoms with Gasteiger partial charge in [-0.1, -0.05) is 15.9 Å². The number of halogens is 2. The van der Waals surface area contributed by atoms with Gasteiger partial charge in [-0.3, -0.25) is 4.79 Å². The van der Waals surface area contributed by atoms with E-state index in [1.807, 2.05) is 0 Å². The number of carboxylic acid groups (broad SMARTS) is 1. The molecule has 1 aromatic carbocycles. The number of hydrogen-bond donors (Lipinski definition) is 2. The highest BCUT2D eigenvalue weighted by molar-refractivity contribution is 9.11. The number of benzene rings is 1. The number of nitrogens with zero attached hydrogens (tertiary/aromatic N) is 1. The summed E-state index contributed by atoms with van der Waals surface area (Å²) >= 11 is 7.71. The number of aromatic carboxylic acids is 1. The van der Waals surface area contributed by atoms with E-state index in [0.29, 0.717) is 13.8 Å². The number of anilines is 1. The van der Waals surface area contributed by atoms with E-state index in [1.165, 1.54) is 23.6 Å². The molecule has 0 spiro atoms. The van der Waals surface area contributed by atoms with Crippen molar-refractivity contribution in [1.82, 2.24) is 4.98 Å². The smallest absolute Gasteiger partial charge is 0.337 e. The van der Waals surface area contributed by atoms with Crippen LogP contribution in [0.15, 0.2) is 27.3 Å². The highest BCUT2D eigenvalue weighted by Crippen LogP contribution is 2.31. The summed E-state index contributed by atoms with van der Waals surface area (Å²) in [7, 11) is 0. The molecule has 2 rings (SSSR count). The van der Waals surface area contributed by atoms with E-state index in [-0.39, 0.29) is 17.2 Å². The standard InChI is InChI=1S/C12H8Br2N2O3S/c1-5-15-4-9(20-5)11(17)16-10-7(12(18)19)2-6(13)3-8(10)14/h2-4H,1H3,(H,16,17)(H,18,19). The molecule has 1 heterocycles. The van der Waals surface area contributed by atoms with Crippen molar-refractivity contribution >= 4 is 60.8 Å². The molecule has 0 fully saturated rings. The maximum atomic E-state index is 12.1. The first-order chi connectivity index (χ1) is 9.38. The Kier molecular flexibility index (Phi) is 4.56. The van der Waals surface area contributed by atoms with Crippen molar-refractivity contribution in [2.75, 3.05) is 5.32 Å². The largest absolute Gasteiger partial charge is 0.478 e. The third kappa shape index (κ3) is 3.25. The van der Waals surface area contributed by atoms with Crippen LogP contribution in [-0.2, 0) is 0 Å². The number of aryl methyl sites for hydroxylation is 1. The van der Waals surface area contributed by atoms with Gasteiger partial charge in [0.2, 0.25) is 0 Å². The van der Waals surface area contributed by atoms with Crippen LogP contribution in [0, 0.1) is 6.92 Å². The second kappa shape index (κ2) is 6.02. The Hall–Kier alpha value is -1.25. The normalized spacial score (nSPS) is 10.3. The number of carbonyl (C=O) groups excluding carboxylic acids is 1. The molecule has 0 atom stereocenters. The van der Waals surface area contributed by atoms with Gasteiger partial charge in [0.1, 0.15) is 4.88 Å². The number of nitrogens with one attached hydrogen (secondary N) is 1. The van der Waals surface area contributed by atoms with Gasteiger partial charge < -0.3 is 10.4 Å². The Morgan fingerprint density at radius 2 is 2.05 bits per heavy atom. The predicted molar refractivity (Wildman–Crippen MR) is 83.6 cm³/mol. The fourth-order valence-corrected chi connectivity index (χ4v) is 3.51. The van der Waals surface area contributed by atoms with Gasteiger partial charge in [0.15, 0.2) is 0 Å². The number of aromatic nitrogens is 1. The van der Waals surface area contributed by atoms with E-state index in [4.69, 9.17) is 0 Å². The van der Waals surface area contributed by atoms with E-state index in [1.54, 1.807) is 13.0 Å². The molecule has 5 nitrogen and oxygen atoms in total. The van der Waals surface area contributed by atoms with Crippen LogP contribution >= 0.6 is 43.2 Å². The van der Waals surface area contributed by atoms with Crippen molar-refractivity contribution in [2.45, 2.75) is 6.92 Å². The minimum Gasteiger partial charge on any atom is -0.478 e. The van der Waals surface area contributed by atoms with Gasteiger partial charge in [0.05, 0.1) is 22.5 Å². The van der Waals surface area contributed by atoms with Gasteiger partial charge in [0, 0.05) is 8.95 Å². The molecule has 2 N–H and O–H groups in total. The average molecular weight is 420 g/mol. The zero-order chi connectivity index (χ0) is 14.9. The first kappa shape index (κ1) is 15.1. The molecule has 0 aliphatic carbocycles. The minimum atomic E-state index is -1.12. The lowest BCUT2D eigenvalue weighted by atomic mass is 10.2. The van der Waals surface area contributed by atoms with Crippen LogP contribution < -0.4 is 5.32 Å². The molecule has 8 heteroatoms. The average Bonchev–Trinajstić information content (AvgIpc) is 2.78. The van der Waals surface area contributed by atoms with Gasteiger partial charge in [0.25, 0.3) is 5.91 Å². The number of rotatable bonds is 3. The van der Waals surface area contributed by atoms with E-state index in [9.17, 15) is 14.7 Å². The zero-order valence-corrected chi connectivity index (χ0v) is 14.1. The second-order valence-electron chi connectivity index (χ2n) is 3.81. The van der Waals surface area contributed by atoms with Gasteiger partial charge in [-0.15, -0.1) is 11.3 Å². The number of amides is 1. The molecule has 0 saturated heterocycles. The topological polar surface area (TPSA) is 79.3 Å². The van der Waals surface area contributed by atoms with Crippen molar-refractivity contribution in [3.8, 4) is 0 Å². The van der Waals surface area contributed by atoms with Crippen LogP contribution in [0.1, 0.15) is 25.0 Å². The summed E-state index contributed by atoms with van der Waals surface area (Å²) in [6.07, 6.45) is 1.46. The maximum absolute atomic E-state index is 12.1. The van der Waals surface area contributed by atoms with Crippen LogP contribution in [0.3, 0.4) is 0 Å². The minimum absolute atomic E-state index is 0.000775. The van der Waals surface area contributed by atoms with E-state index < -0.39 is 5.97 Å². The first-order valence-electron chi connectivity index (χ1n) is 5.34. The Bertz CT molecular complexity index is 700. The summed E-state index contributed by atoms with van der Waals surface area (Å²) in [6.45, 7) is 1.79. The van der Waals surface area contributed by atoms with Crippen LogP contribution in [0.25, 0.3) is 0 Å². The molecule has 0 unspecified atom stereocenters. The third-order valence-electron chi connectivity index (χ3n) is 2.37. The van der Waals surface area contributed by atoms with Crippen molar-refractivity contribution in [3.63, 3.8) is 0 Å². The molecule has 20 heavy (non-hydrogen) atoms. The lowest BCUT2D eigenvalue weighted by molar-refractivity contribution is 0.0698. The predicted octanol–water partition coefficient (Wildman–Crippen LogP) is 3.93. The number of carboxylic acids is 1. The Balaban J connectivity index is 2.38. The summed E-state index contributed by atoms with van der Waals surface area (Å²) in [6, 6.07) is 3.10. The van der Waals surface area contributed by atoms with Gasteiger partial charge in [-0.2, -0.15) is 0 Å². The highest BCUT2D eigenvalue weighted by Gasteiger charge is 2.18. The SMILES string of the molecule is Cc1ncc(C(=O)Nc2c(Br)cc(Br)cc2C(=O)O)s1. The zero-order valence-electron chi connectivity index (χ0n) is 10.1. The molecule has 0 radical (unpaired) electrons. The molecular formula is C12H8Br2N2O3S. The van der Waals surface area contributed by atoms with E-state index in [2.05, 4.69) is 42.2 Å². The number of thiazole rings is 1. The molecule has 0 aliphatic rings. The quantitative estimate of drug-likeness (QED) is 0.789. The van der Waals surface area contributed by atoms with Crippen LogP contribution in [0.2, 0.25) is 0 Å². The molecule has 2 aromatic rings. The van der Waals surface area contributed by atoms with Crippen LogP contribution in [0.4, 0.5) is 5.69 Å².